The molecule has 0 radical (unpaired) electrons. The molecule has 0 aromatic heterocycles. The molecule has 0 aliphatic carbocycles. The van der Waals surface area contributed by atoms with E-state index in [1.807, 2.05) is 24.3 Å². The number of amides is 1. The van der Waals surface area contributed by atoms with E-state index in [4.69, 9.17) is 12.2 Å². The summed E-state index contributed by atoms with van der Waals surface area (Å²) in [5.74, 6) is -0.608. The van der Waals surface area contributed by atoms with Crippen LogP contribution in [0.1, 0.15) is 15.9 Å². The van der Waals surface area contributed by atoms with Crippen LogP contribution < -0.4 is 5.32 Å². The fourth-order valence-electron chi connectivity index (χ4n) is 2.12. The van der Waals surface area contributed by atoms with Crippen LogP contribution in [-0.4, -0.2) is 15.9 Å². The Labute approximate surface area is 137 Å². The van der Waals surface area contributed by atoms with Gasteiger partial charge in [-0.2, -0.15) is 0 Å². The zero-order chi connectivity index (χ0) is 14.1. The minimum Gasteiger partial charge on any atom is -0.332 e. The van der Waals surface area contributed by atoms with Gasteiger partial charge in [-0.25, -0.2) is 4.39 Å². The molecule has 1 aliphatic heterocycles. The molecule has 6 heteroatoms. The Balaban J connectivity index is 0.00000161. The van der Waals surface area contributed by atoms with Crippen molar-refractivity contribution in [2.24, 2.45) is 0 Å². The van der Waals surface area contributed by atoms with Crippen LogP contribution in [0.2, 0.25) is 0 Å². The van der Waals surface area contributed by atoms with Crippen molar-refractivity contribution in [2.75, 3.05) is 5.32 Å². The van der Waals surface area contributed by atoms with Gasteiger partial charge in [0.1, 0.15) is 5.82 Å². The van der Waals surface area contributed by atoms with Crippen molar-refractivity contribution in [2.45, 2.75) is 6.54 Å². The first-order valence-electron chi connectivity index (χ1n) is 6.11. The van der Waals surface area contributed by atoms with Crippen molar-refractivity contribution >= 4 is 45.9 Å². The predicted molar refractivity (Wildman–Crippen MR) is 89.3 cm³/mol. The molecule has 1 amide bonds. The maximum absolute atomic E-state index is 12.9. The van der Waals surface area contributed by atoms with Crippen molar-refractivity contribution in [3.8, 4) is 0 Å². The lowest BCUT2D eigenvalue weighted by atomic mass is 10.1. The smallest absolute Gasteiger partial charge is 0.260 e. The highest BCUT2D eigenvalue weighted by molar-refractivity contribution is 8.93. The van der Waals surface area contributed by atoms with E-state index in [0.29, 0.717) is 17.2 Å². The van der Waals surface area contributed by atoms with Crippen LogP contribution in [0.5, 0.6) is 0 Å². The number of nitrogens with zero attached hydrogens (tertiary/aromatic N) is 1. The van der Waals surface area contributed by atoms with E-state index in [0.717, 1.165) is 11.3 Å². The molecule has 0 saturated carbocycles. The number of thiocarbonyl (C=S) groups is 1. The lowest BCUT2D eigenvalue weighted by molar-refractivity contribution is 0.0841. The molecule has 3 rings (SSSR count). The monoisotopic (exact) mass is 366 g/mol. The van der Waals surface area contributed by atoms with Gasteiger partial charge in [-0.15, -0.1) is 17.0 Å². The van der Waals surface area contributed by atoms with Gasteiger partial charge in [0.15, 0.2) is 5.11 Å². The third kappa shape index (κ3) is 3.11. The van der Waals surface area contributed by atoms with Gasteiger partial charge in [0, 0.05) is 11.3 Å². The van der Waals surface area contributed by atoms with Crippen LogP contribution in [-0.2, 0) is 6.54 Å². The molecule has 21 heavy (non-hydrogen) atoms. The lowest BCUT2D eigenvalue weighted by Crippen LogP contribution is -2.42. The summed E-state index contributed by atoms with van der Waals surface area (Å²) >= 11 is 5.23. The van der Waals surface area contributed by atoms with E-state index >= 15 is 0 Å². The van der Waals surface area contributed by atoms with E-state index in [2.05, 4.69) is 5.32 Å². The molecule has 0 fully saturated rings. The summed E-state index contributed by atoms with van der Waals surface area (Å²) in [5, 5.41) is 3.39. The maximum Gasteiger partial charge on any atom is 0.260 e. The molecule has 1 aliphatic rings. The fourth-order valence-corrected chi connectivity index (χ4v) is 2.37. The molecular weight excluding hydrogens is 355 g/mol. The van der Waals surface area contributed by atoms with Crippen LogP contribution in [0.4, 0.5) is 10.1 Å². The summed E-state index contributed by atoms with van der Waals surface area (Å²) in [6.45, 7) is 0.415. The third-order valence-corrected chi connectivity index (χ3v) is 3.49. The Kier molecular flexibility index (Phi) is 4.69. The Morgan fingerprint density at radius 2 is 1.81 bits per heavy atom. The minimum atomic E-state index is -0.369. The van der Waals surface area contributed by atoms with E-state index in [-0.39, 0.29) is 28.7 Å². The standard InChI is InChI=1S/C15H11FN2OS.BrH/c16-12-7-5-10(6-8-12)14(19)18-9-11-3-1-2-4-13(11)17-15(18)20;/h1-8H,9H2,(H,17,20);1H. The highest BCUT2D eigenvalue weighted by Crippen LogP contribution is 2.24. The first kappa shape index (κ1) is 15.6. The Morgan fingerprint density at radius 3 is 2.52 bits per heavy atom. The molecule has 2 aromatic carbocycles. The Hall–Kier alpha value is -1.79. The summed E-state index contributed by atoms with van der Waals surface area (Å²) in [5.41, 5.74) is 2.33. The van der Waals surface area contributed by atoms with Crippen molar-refractivity contribution < 1.29 is 9.18 Å². The number of anilines is 1. The van der Waals surface area contributed by atoms with Gasteiger partial charge in [0.2, 0.25) is 0 Å². The second kappa shape index (κ2) is 6.32. The zero-order valence-corrected chi connectivity index (χ0v) is 13.4. The molecule has 1 heterocycles. The first-order valence-corrected chi connectivity index (χ1v) is 6.52. The van der Waals surface area contributed by atoms with Crippen LogP contribution >= 0.6 is 29.2 Å². The SMILES string of the molecule is Br.O=C(c1ccc(F)cc1)N1Cc2ccccc2NC1=S. The molecule has 0 spiro atoms. The largest absolute Gasteiger partial charge is 0.332 e. The molecule has 0 atom stereocenters. The number of fused-ring (bicyclic) bond motifs is 1. The summed E-state index contributed by atoms with van der Waals surface area (Å²) in [7, 11) is 0. The lowest BCUT2D eigenvalue weighted by Gasteiger charge is -2.30. The molecule has 0 saturated heterocycles. The predicted octanol–water partition coefficient (Wildman–Crippen LogP) is 3.76. The first-order chi connectivity index (χ1) is 9.65. The molecule has 1 N–H and O–H groups in total. The Bertz CT molecular complexity index is 690. The van der Waals surface area contributed by atoms with Crippen molar-refractivity contribution in [3.05, 3.63) is 65.5 Å². The number of nitrogens with one attached hydrogen (secondary N) is 1. The van der Waals surface area contributed by atoms with Gasteiger partial charge in [-0.05, 0) is 48.1 Å². The van der Waals surface area contributed by atoms with Gasteiger partial charge in [0.05, 0.1) is 6.54 Å². The molecule has 0 unspecified atom stereocenters. The molecule has 108 valence electrons. The van der Waals surface area contributed by atoms with E-state index < -0.39 is 0 Å². The fraction of sp³-hybridized carbons (Fsp3) is 0.0667. The topological polar surface area (TPSA) is 32.3 Å². The van der Waals surface area contributed by atoms with Gasteiger partial charge >= 0.3 is 0 Å². The Morgan fingerprint density at radius 1 is 1.14 bits per heavy atom. The number of hydrogen-bond acceptors (Lipinski definition) is 2. The second-order valence-corrected chi connectivity index (χ2v) is 4.87. The van der Waals surface area contributed by atoms with Crippen molar-refractivity contribution in [3.63, 3.8) is 0 Å². The number of carbonyl (C=O) groups excluding carboxylic acids is 1. The zero-order valence-electron chi connectivity index (χ0n) is 10.9. The van der Waals surface area contributed by atoms with Gasteiger partial charge in [-0.3, -0.25) is 9.69 Å². The van der Waals surface area contributed by atoms with Crippen LogP contribution in [0.25, 0.3) is 0 Å². The summed E-state index contributed by atoms with van der Waals surface area (Å²) in [4.78, 5) is 13.9. The molecule has 0 bridgehead atoms. The quantitative estimate of drug-likeness (QED) is 0.780. The molecule has 2 aromatic rings. The van der Waals surface area contributed by atoms with E-state index in [9.17, 15) is 9.18 Å². The highest BCUT2D eigenvalue weighted by Gasteiger charge is 2.25. The van der Waals surface area contributed by atoms with Gasteiger partial charge in [-0.1, -0.05) is 18.2 Å². The number of halogens is 2. The number of hydrogen-bond donors (Lipinski definition) is 1. The average molecular weight is 367 g/mol. The van der Waals surface area contributed by atoms with E-state index in [1.54, 1.807) is 0 Å². The average Bonchev–Trinajstić information content (AvgIpc) is 2.46. The van der Waals surface area contributed by atoms with Crippen LogP contribution in [0.3, 0.4) is 0 Å². The van der Waals surface area contributed by atoms with Crippen LogP contribution in [0, 0.1) is 5.82 Å². The van der Waals surface area contributed by atoms with Crippen LogP contribution in [0.15, 0.2) is 48.5 Å². The van der Waals surface area contributed by atoms with Gasteiger partial charge in [0.25, 0.3) is 5.91 Å². The highest BCUT2D eigenvalue weighted by atomic mass is 79.9. The van der Waals surface area contributed by atoms with Crippen molar-refractivity contribution in [1.29, 1.82) is 0 Å². The molecular formula is C15H12BrFN2OS. The number of carbonyl (C=O) groups is 1. The summed E-state index contributed by atoms with van der Waals surface area (Å²) in [6.07, 6.45) is 0. The number of benzene rings is 2. The van der Waals surface area contributed by atoms with E-state index in [1.165, 1.54) is 29.2 Å². The number of para-hydroxylation sites is 1. The summed E-state index contributed by atoms with van der Waals surface area (Å²) < 4.78 is 12.9. The van der Waals surface area contributed by atoms with Gasteiger partial charge < -0.3 is 5.32 Å². The molecule has 3 nitrogen and oxygen atoms in total. The summed E-state index contributed by atoms with van der Waals surface area (Å²) in [6, 6.07) is 13.1. The third-order valence-electron chi connectivity index (χ3n) is 3.17. The minimum absolute atomic E-state index is 0. The normalized spacial score (nSPS) is 13.0. The maximum atomic E-state index is 12.9. The number of rotatable bonds is 1. The second-order valence-electron chi connectivity index (χ2n) is 4.49. The van der Waals surface area contributed by atoms with Crippen molar-refractivity contribution in [1.82, 2.24) is 4.90 Å².